The second-order valence-corrected chi connectivity index (χ2v) is 5.30. The number of fused-ring (bicyclic) bond motifs is 1. The predicted molar refractivity (Wildman–Crippen MR) is 76.8 cm³/mol. The molecule has 1 N–H and O–H groups in total. The second-order valence-electron chi connectivity index (χ2n) is 4.31. The average molecular weight is 273 g/mol. The minimum absolute atomic E-state index is 0.585. The van der Waals surface area contributed by atoms with Gasteiger partial charge in [0.15, 0.2) is 11.6 Å². The van der Waals surface area contributed by atoms with E-state index in [1.165, 1.54) is 5.56 Å². The zero-order valence-corrected chi connectivity index (χ0v) is 11.6. The number of anilines is 1. The van der Waals surface area contributed by atoms with Gasteiger partial charge in [-0.1, -0.05) is 6.92 Å². The van der Waals surface area contributed by atoms with Crippen molar-refractivity contribution < 1.29 is 0 Å². The van der Waals surface area contributed by atoms with E-state index in [0.717, 1.165) is 36.0 Å². The van der Waals surface area contributed by atoms with Gasteiger partial charge < -0.3 is 5.32 Å². The first-order chi connectivity index (χ1) is 9.38. The van der Waals surface area contributed by atoms with Crippen molar-refractivity contribution in [3.63, 3.8) is 0 Å². The number of thioether (sulfide) groups is 1. The minimum atomic E-state index is 0.585. The molecule has 5 nitrogen and oxygen atoms in total. The summed E-state index contributed by atoms with van der Waals surface area (Å²) in [5.74, 6) is 4.07. The van der Waals surface area contributed by atoms with E-state index in [4.69, 9.17) is 0 Å². The SMILES string of the molecule is CCCNc1nc(-c2ncccn2)nc2c1CSC2. The van der Waals surface area contributed by atoms with Crippen LogP contribution in [0.4, 0.5) is 5.82 Å². The summed E-state index contributed by atoms with van der Waals surface area (Å²) in [6.07, 6.45) is 4.50. The highest BCUT2D eigenvalue weighted by atomic mass is 32.2. The van der Waals surface area contributed by atoms with E-state index in [9.17, 15) is 0 Å². The maximum Gasteiger partial charge on any atom is 0.199 e. The molecule has 3 heterocycles. The van der Waals surface area contributed by atoms with Gasteiger partial charge in [0.1, 0.15) is 5.82 Å². The van der Waals surface area contributed by atoms with Gasteiger partial charge in [-0.3, -0.25) is 0 Å². The van der Waals surface area contributed by atoms with Crippen molar-refractivity contribution in [3.8, 4) is 11.6 Å². The van der Waals surface area contributed by atoms with Crippen LogP contribution in [0, 0.1) is 0 Å². The molecule has 0 fully saturated rings. The third kappa shape index (κ3) is 2.53. The van der Waals surface area contributed by atoms with Gasteiger partial charge in [-0.15, -0.1) is 0 Å². The van der Waals surface area contributed by atoms with Crippen molar-refractivity contribution in [1.29, 1.82) is 0 Å². The molecule has 1 aliphatic rings. The molecule has 0 radical (unpaired) electrons. The van der Waals surface area contributed by atoms with Crippen LogP contribution in [-0.2, 0) is 11.5 Å². The van der Waals surface area contributed by atoms with Gasteiger partial charge in [-0.05, 0) is 12.5 Å². The van der Waals surface area contributed by atoms with Gasteiger partial charge in [-0.2, -0.15) is 11.8 Å². The van der Waals surface area contributed by atoms with Gasteiger partial charge in [0.2, 0.25) is 0 Å². The van der Waals surface area contributed by atoms with Crippen LogP contribution in [0.2, 0.25) is 0 Å². The number of hydrogen-bond donors (Lipinski definition) is 1. The normalized spacial score (nSPS) is 13.3. The van der Waals surface area contributed by atoms with E-state index in [2.05, 4.69) is 32.2 Å². The minimum Gasteiger partial charge on any atom is -0.370 e. The Hall–Kier alpha value is -1.69. The van der Waals surface area contributed by atoms with Gasteiger partial charge in [-0.25, -0.2) is 19.9 Å². The molecule has 1 aliphatic heterocycles. The Morgan fingerprint density at radius 3 is 2.79 bits per heavy atom. The molecule has 0 atom stereocenters. The molecule has 98 valence electrons. The summed E-state index contributed by atoms with van der Waals surface area (Å²) in [7, 11) is 0. The highest BCUT2D eigenvalue weighted by Crippen LogP contribution is 2.33. The molecule has 0 aliphatic carbocycles. The molecule has 0 unspecified atom stereocenters. The van der Waals surface area contributed by atoms with Crippen molar-refractivity contribution in [1.82, 2.24) is 19.9 Å². The van der Waals surface area contributed by atoms with E-state index in [-0.39, 0.29) is 0 Å². The fourth-order valence-corrected chi connectivity index (χ4v) is 3.00. The van der Waals surface area contributed by atoms with Crippen molar-refractivity contribution >= 4 is 17.6 Å². The number of nitrogens with zero attached hydrogens (tertiary/aromatic N) is 4. The first-order valence-electron chi connectivity index (χ1n) is 6.37. The van der Waals surface area contributed by atoms with Crippen molar-refractivity contribution in [2.75, 3.05) is 11.9 Å². The quantitative estimate of drug-likeness (QED) is 0.923. The lowest BCUT2D eigenvalue weighted by Gasteiger charge is -2.10. The largest absolute Gasteiger partial charge is 0.370 e. The summed E-state index contributed by atoms with van der Waals surface area (Å²) in [6, 6.07) is 1.79. The maximum atomic E-state index is 4.60. The third-order valence-electron chi connectivity index (χ3n) is 2.89. The molecule has 2 aromatic rings. The Bertz CT molecular complexity index is 573. The molecule has 19 heavy (non-hydrogen) atoms. The number of aromatic nitrogens is 4. The maximum absolute atomic E-state index is 4.60. The van der Waals surface area contributed by atoms with E-state index in [1.54, 1.807) is 18.5 Å². The number of nitrogens with one attached hydrogen (secondary N) is 1. The van der Waals surface area contributed by atoms with Gasteiger partial charge in [0, 0.05) is 36.0 Å². The summed E-state index contributed by atoms with van der Waals surface area (Å²) in [5.41, 5.74) is 2.35. The second kappa shape index (κ2) is 5.52. The average Bonchev–Trinajstić information content (AvgIpc) is 2.94. The lowest BCUT2D eigenvalue weighted by Crippen LogP contribution is -2.08. The molecule has 0 aromatic carbocycles. The van der Waals surface area contributed by atoms with Crippen LogP contribution >= 0.6 is 11.8 Å². The van der Waals surface area contributed by atoms with Gasteiger partial charge in [0.25, 0.3) is 0 Å². The molecule has 0 amide bonds. The molecule has 0 saturated carbocycles. The number of rotatable bonds is 4. The Balaban J connectivity index is 2.02. The topological polar surface area (TPSA) is 63.6 Å². The van der Waals surface area contributed by atoms with Crippen LogP contribution in [0.1, 0.15) is 24.6 Å². The molecular formula is C13H15N5S. The van der Waals surface area contributed by atoms with E-state index < -0.39 is 0 Å². The van der Waals surface area contributed by atoms with Crippen molar-refractivity contribution in [2.24, 2.45) is 0 Å². The lowest BCUT2D eigenvalue weighted by molar-refractivity contribution is 0.950. The molecule has 6 heteroatoms. The zero-order chi connectivity index (χ0) is 13.1. The van der Waals surface area contributed by atoms with Gasteiger partial charge >= 0.3 is 0 Å². The number of hydrogen-bond acceptors (Lipinski definition) is 6. The van der Waals surface area contributed by atoms with Crippen LogP contribution in [0.25, 0.3) is 11.6 Å². The van der Waals surface area contributed by atoms with Crippen LogP contribution in [0.5, 0.6) is 0 Å². The monoisotopic (exact) mass is 273 g/mol. The van der Waals surface area contributed by atoms with Crippen molar-refractivity contribution in [3.05, 3.63) is 29.7 Å². The lowest BCUT2D eigenvalue weighted by atomic mass is 10.2. The summed E-state index contributed by atoms with van der Waals surface area (Å²) >= 11 is 1.87. The Morgan fingerprint density at radius 1 is 1.16 bits per heavy atom. The third-order valence-corrected chi connectivity index (χ3v) is 3.86. The van der Waals surface area contributed by atoms with Crippen LogP contribution in [-0.4, -0.2) is 26.5 Å². The van der Waals surface area contributed by atoms with E-state index in [0.29, 0.717) is 11.6 Å². The first-order valence-corrected chi connectivity index (χ1v) is 7.52. The predicted octanol–water partition coefficient (Wildman–Crippen LogP) is 2.50. The fraction of sp³-hybridized carbons (Fsp3) is 0.385. The standard InChI is InChI=1S/C13H15N5S/c1-2-4-14-11-9-7-19-8-10(9)17-13(18-11)12-15-5-3-6-16-12/h3,5-6H,2,4,7-8H2,1H3,(H,14,17,18). The molecule has 3 rings (SSSR count). The summed E-state index contributed by atoms with van der Waals surface area (Å²) in [6.45, 7) is 3.06. The Morgan fingerprint density at radius 2 is 2.00 bits per heavy atom. The zero-order valence-electron chi connectivity index (χ0n) is 10.8. The summed E-state index contributed by atoms with van der Waals surface area (Å²) in [4.78, 5) is 17.6. The molecule has 0 spiro atoms. The molecular weight excluding hydrogens is 258 g/mol. The van der Waals surface area contributed by atoms with E-state index >= 15 is 0 Å². The van der Waals surface area contributed by atoms with Crippen LogP contribution < -0.4 is 5.32 Å². The fourth-order valence-electron chi connectivity index (χ4n) is 1.96. The molecule has 0 saturated heterocycles. The molecule has 0 bridgehead atoms. The molecule has 2 aromatic heterocycles. The van der Waals surface area contributed by atoms with E-state index in [1.807, 2.05) is 11.8 Å². The summed E-state index contributed by atoms with van der Waals surface area (Å²) < 4.78 is 0. The van der Waals surface area contributed by atoms with Crippen LogP contribution in [0.15, 0.2) is 18.5 Å². The highest BCUT2D eigenvalue weighted by Gasteiger charge is 2.20. The highest BCUT2D eigenvalue weighted by molar-refractivity contribution is 7.98. The van der Waals surface area contributed by atoms with Gasteiger partial charge in [0.05, 0.1) is 5.69 Å². The van der Waals surface area contributed by atoms with Crippen LogP contribution in [0.3, 0.4) is 0 Å². The Labute approximate surface area is 116 Å². The smallest absolute Gasteiger partial charge is 0.199 e. The summed E-state index contributed by atoms with van der Waals surface area (Å²) in [5, 5.41) is 3.38. The Kier molecular flexibility index (Phi) is 3.59. The first kappa shape index (κ1) is 12.3. The van der Waals surface area contributed by atoms with Crippen molar-refractivity contribution in [2.45, 2.75) is 24.9 Å².